The molecular formula is C16H18N4OS. The molecule has 114 valence electrons. The van der Waals surface area contributed by atoms with Gasteiger partial charge in [0.1, 0.15) is 0 Å². The molecule has 22 heavy (non-hydrogen) atoms. The highest BCUT2D eigenvalue weighted by atomic mass is 32.2. The molecule has 0 fully saturated rings. The number of pyridine rings is 2. The molecule has 0 aliphatic carbocycles. The van der Waals surface area contributed by atoms with Gasteiger partial charge < -0.3 is 10.6 Å². The van der Waals surface area contributed by atoms with Crippen molar-refractivity contribution in [1.82, 2.24) is 20.6 Å². The van der Waals surface area contributed by atoms with Gasteiger partial charge >= 0.3 is 0 Å². The summed E-state index contributed by atoms with van der Waals surface area (Å²) in [6.07, 6.45) is 3.48. The van der Waals surface area contributed by atoms with Gasteiger partial charge in [-0.25, -0.2) is 0 Å². The van der Waals surface area contributed by atoms with Gasteiger partial charge in [-0.3, -0.25) is 14.8 Å². The summed E-state index contributed by atoms with van der Waals surface area (Å²) < 4.78 is 0. The molecule has 6 heteroatoms. The minimum atomic E-state index is -0.115. The summed E-state index contributed by atoms with van der Waals surface area (Å²) in [6.45, 7) is 4.09. The lowest BCUT2D eigenvalue weighted by molar-refractivity contribution is 0.0950. The van der Waals surface area contributed by atoms with Crippen molar-refractivity contribution < 1.29 is 4.79 Å². The van der Waals surface area contributed by atoms with Crippen LogP contribution in [0.1, 0.15) is 34.2 Å². The average molecular weight is 314 g/mol. The SMILES string of the molecule is CCSc1ccc(CNC(=O)c2cnc3c(c2)CNC3)nc1. The van der Waals surface area contributed by atoms with E-state index in [1.54, 1.807) is 18.0 Å². The van der Waals surface area contributed by atoms with Crippen LogP contribution >= 0.6 is 11.8 Å². The minimum absolute atomic E-state index is 0.115. The molecule has 1 aliphatic rings. The molecule has 5 nitrogen and oxygen atoms in total. The highest BCUT2D eigenvalue weighted by Crippen LogP contribution is 2.16. The number of thioether (sulfide) groups is 1. The summed E-state index contributed by atoms with van der Waals surface area (Å²) in [4.78, 5) is 22.0. The van der Waals surface area contributed by atoms with E-state index < -0.39 is 0 Å². The smallest absolute Gasteiger partial charge is 0.253 e. The number of hydrogen-bond donors (Lipinski definition) is 2. The molecule has 0 saturated heterocycles. The Morgan fingerprint density at radius 2 is 2.23 bits per heavy atom. The standard InChI is InChI=1S/C16H18N4OS/c1-2-22-14-4-3-13(18-9-14)8-20-16(21)12-5-11-6-17-10-15(11)19-7-12/h3-5,7,9,17H,2,6,8,10H2,1H3,(H,20,21). The van der Waals surface area contributed by atoms with Crippen molar-refractivity contribution in [2.45, 2.75) is 31.5 Å². The third-order valence-electron chi connectivity index (χ3n) is 3.47. The molecule has 0 spiro atoms. The van der Waals surface area contributed by atoms with Crippen molar-refractivity contribution in [3.8, 4) is 0 Å². The summed E-state index contributed by atoms with van der Waals surface area (Å²) in [5.41, 5.74) is 3.58. The Morgan fingerprint density at radius 1 is 1.32 bits per heavy atom. The first-order chi connectivity index (χ1) is 10.8. The highest BCUT2D eigenvalue weighted by molar-refractivity contribution is 7.99. The fourth-order valence-electron chi connectivity index (χ4n) is 2.33. The zero-order valence-electron chi connectivity index (χ0n) is 12.4. The zero-order chi connectivity index (χ0) is 15.4. The van der Waals surface area contributed by atoms with E-state index in [1.807, 2.05) is 24.4 Å². The van der Waals surface area contributed by atoms with Crippen LogP contribution in [0.3, 0.4) is 0 Å². The predicted octanol–water partition coefficient (Wildman–Crippen LogP) is 2.12. The maximum Gasteiger partial charge on any atom is 0.253 e. The lowest BCUT2D eigenvalue weighted by Crippen LogP contribution is -2.23. The van der Waals surface area contributed by atoms with Crippen LogP contribution < -0.4 is 10.6 Å². The largest absolute Gasteiger partial charge is 0.346 e. The van der Waals surface area contributed by atoms with Crippen LogP contribution in [0.25, 0.3) is 0 Å². The average Bonchev–Trinajstić information content (AvgIpc) is 3.01. The number of nitrogens with zero attached hydrogens (tertiary/aromatic N) is 2. The summed E-state index contributed by atoms with van der Waals surface area (Å²) in [6, 6.07) is 5.89. The molecule has 1 aliphatic heterocycles. The normalized spacial score (nSPS) is 13.0. The number of amides is 1. The van der Waals surface area contributed by atoms with Crippen molar-refractivity contribution in [2.24, 2.45) is 0 Å². The second-order valence-electron chi connectivity index (χ2n) is 5.03. The van der Waals surface area contributed by atoms with E-state index in [0.29, 0.717) is 12.1 Å². The first kappa shape index (κ1) is 15.0. The number of nitrogens with one attached hydrogen (secondary N) is 2. The zero-order valence-corrected chi connectivity index (χ0v) is 13.2. The molecule has 0 unspecified atom stereocenters. The third kappa shape index (κ3) is 3.45. The minimum Gasteiger partial charge on any atom is -0.346 e. The van der Waals surface area contributed by atoms with Crippen LogP contribution in [0.5, 0.6) is 0 Å². The Morgan fingerprint density at radius 3 is 3.00 bits per heavy atom. The van der Waals surface area contributed by atoms with Crippen LogP contribution in [-0.4, -0.2) is 21.6 Å². The Labute approximate surface area is 133 Å². The fraction of sp³-hybridized carbons (Fsp3) is 0.312. The molecular weight excluding hydrogens is 296 g/mol. The molecule has 0 radical (unpaired) electrons. The van der Waals surface area contributed by atoms with E-state index >= 15 is 0 Å². The Bertz CT molecular complexity index is 672. The van der Waals surface area contributed by atoms with Gasteiger partial charge in [-0.15, -0.1) is 11.8 Å². The van der Waals surface area contributed by atoms with Gasteiger partial charge in [0.2, 0.25) is 0 Å². The summed E-state index contributed by atoms with van der Waals surface area (Å²) >= 11 is 1.75. The van der Waals surface area contributed by atoms with Crippen molar-refractivity contribution in [2.75, 3.05) is 5.75 Å². The van der Waals surface area contributed by atoms with Gasteiger partial charge in [-0.2, -0.15) is 0 Å². The molecule has 3 rings (SSSR count). The van der Waals surface area contributed by atoms with Crippen LogP contribution in [0.2, 0.25) is 0 Å². The lowest BCUT2D eigenvalue weighted by Gasteiger charge is -2.06. The van der Waals surface area contributed by atoms with Gasteiger partial charge in [0.15, 0.2) is 0 Å². The summed E-state index contributed by atoms with van der Waals surface area (Å²) in [7, 11) is 0. The molecule has 0 aromatic carbocycles. The van der Waals surface area contributed by atoms with Crippen LogP contribution in [0.15, 0.2) is 35.5 Å². The van der Waals surface area contributed by atoms with Gasteiger partial charge in [0.05, 0.1) is 23.5 Å². The first-order valence-corrected chi connectivity index (χ1v) is 8.29. The first-order valence-electron chi connectivity index (χ1n) is 7.30. The molecule has 2 N–H and O–H groups in total. The van der Waals surface area contributed by atoms with Crippen molar-refractivity contribution in [3.63, 3.8) is 0 Å². The Kier molecular flexibility index (Phi) is 4.70. The van der Waals surface area contributed by atoms with Crippen LogP contribution in [0.4, 0.5) is 0 Å². The summed E-state index contributed by atoms with van der Waals surface area (Å²) in [5, 5.41) is 6.11. The predicted molar refractivity (Wildman–Crippen MR) is 86.6 cm³/mol. The molecule has 3 heterocycles. The lowest BCUT2D eigenvalue weighted by atomic mass is 10.1. The van der Waals surface area contributed by atoms with E-state index in [9.17, 15) is 4.79 Å². The number of rotatable bonds is 5. The third-order valence-corrected chi connectivity index (χ3v) is 4.33. The molecule has 2 aromatic rings. The van der Waals surface area contributed by atoms with E-state index in [0.717, 1.165) is 40.7 Å². The Balaban J connectivity index is 1.60. The maximum absolute atomic E-state index is 12.2. The number of aromatic nitrogens is 2. The van der Waals surface area contributed by atoms with E-state index in [-0.39, 0.29) is 5.91 Å². The number of carbonyl (C=O) groups is 1. The molecule has 2 aromatic heterocycles. The van der Waals surface area contributed by atoms with E-state index in [4.69, 9.17) is 0 Å². The van der Waals surface area contributed by atoms with E-state index in [2.05, 4.69) is 27.5 Å². The Hall–Kier alpha value is -1.92. The number of carbonyl (C=O) groups excluding carboxylic acids is 1. The molecule has 0 saturated carbocycles. The van der Waals surface area contributed by atoms with Crippen LogP contribution in [0, 0.1) is 0 Å². The summed E-state index contributed by atoms with van der Waals surface area (Å²) in [5.74, 6) is 0.911. The van der Waals surface area contributed by atoms with Crippen molar-refractivity contribution in [1.29, 1.82) is 0 Å². The number of hydrogen-bond acceptors (Lipinski definition) is 5. The van der Waals surface area contributed by atoms with Gasteiger partial charge in [-0.1, -0.05) is 6.92 Å². The molecule has 0 bridgehead atoms. The second kappa shape index (κ2) is 6.89. The van der Waals surface area contributed by atoms with Gasteiger partial charge in [-0.05, 0) is 29.5 Å². The topological polar surface area (TPSA) is 66.9 Å². The number of fused-ring (bicyclic) bond motifs is 1. The molecule has 0 atom stereocenters. The highest BCUT2D eigenvalue weighted by Gasteiger charge is 2.14. The van der Waals surface area contributed by atoms with Crippen molar-refractivity contribution >= 4 is 17.7 Å². The fourth-order valence-corrected chi connectivity index (χ4v) is 2.96. The molecule has 1 amide bonds. The van der Waals surface area contributed by atoms with Gasteiger partial charge in [0, 0.05) is 30.4 Å². The van der Waals surface area contributed by atoms with E-state index in [1.165, 1.54) is 0 Å². The monoisotopic (exact) mass is 314 g/mol. The second-order valence-corrected chi connectivity index (χ2v) is 6.37. The maximum atomic E-state index is 12.2. The van der Waals surface area contributed by atoms with Crippen molar-refractivity contribution in [3.05, 3.63) is 53.1 Å². The quantitative estimate of drug-likeness (QED) is 0.828. The van der Waals surface area contributed by atoms with Crippen LogP contribution in [-0.2, 0) is 19.6 Å². The van der Waals surface area contributed by atoms with Gasteiger partial charge in [0.25, 0.3) is 5.91 Å².